The van der Waals surface area contributed by atoms with Crippen LogP contribution >= 0.6 is 0 Å². The normalized spacial score (nSPS) is 17.7. The first-order chi connectivity index (χ1) is 16.1. The Balaban J connectivity index is 1.85. The highest BCUT2D eigenvalue weighted by Crippen LogP contribution is 2.28. The summed E-state index contributed by atoms with van der Waals surface area (Å²) >= 11 is 0. The molecule has 1 atom stereocenters. The highest BCUT2D eigenvalue weighted by atomic mass is 32.2. The van der Waals surface area contributed by atoms with E-state index in [0.29, 0.717) is 30.0 Å². The van der Waals surface area contributed by atoms with Crippen LogP contribution in [0, 0.1) is 19.8 Å². The summed E-state index contributed by atoms with van der Waals surface area (Å²) in [6, 6.07) is 13.9. The highest BCUT2D eigenvalue weighted by Gasteiger charge is 2.22. The molecule has 178 valence electrons. The minimum Gasteiger partial charge on any atom is -0.349 e. The van der Waals surface area contributed by atoms with Gasteiger partial charge in [-0.2, -0.15) is 0 Å². The van der Waals surface area contributed by atoms with Gasteiger partial charge in [0.05, 0.1) is 10.6 Å². The Bertz CT molecular complexity index is 1320. The van der Waals surface area contributed by atoms with Crippen LogP contribution in [0.3, 0.4) is 0 Å². The maximum absolute atomic E-state index is 13.1. The Morgan fingerprint density at radius 3 is 2.44 bits per heavy atom. The van der Waals surface area contributed by atoms with E-state index in [-0.39, 0.29) is 22.8 Å². The molecule has 4 rings (SSSR count). The Kier molecular flexibility index (Phi) is 6.70. The number of fused-ring (bicyclic) bond motifs is 4. The highest BCUT2D eigenvalue weighted by molar-refractivity contribution is 7.92. The van der Waals surface area contributed by atoms with E-state index in [9.17, 15) is 13.2 Å². The van der Waals surface area contributed by atoms with Crippen molar-refractivity contribution in [2.75, 3.05) is 4.72 Å². The van der Waals surface area contributed by atoms with Crippen molar-refractivity contribution in [2.45, 2.75) is 57.9 Å². The third-order valence-corrected chi connectivity index (χ3v) is 7.31. The average molecular weight is 479 g/mol. The zero-order valence-corrected chi connectivity index (χ0v) is 20.7. The lowest BCUT2D eigenvalue weighted by Crippen LogP contribution is -2.36. The number of carbonyl (C=O) groups is 1. The summed E-state index contributed by atoms with van der Waals surface area (Å²) in [7, 11) is -3.99. The SMILES string of the molecule is Cc1cccc(C)c1-c1cc2nc(n1)NS(=O)(=O)c1cccc(c1)C(=O)N[C@H](CC(C)C)CC2. The summed E-state index contributed by atoms with van der Waals surface area (Å²) in [5.41, 5.74) is 4.76. The van der Waals surface area contributed by atoms with Crippen molar-refractivity contribution in [3.05, 3.63) is 70.9 Å². The second-order valence-electron chi connectivity index (χ2n) is 9.31. The number of sulfonamides is 1. The molecule has 2 N–H and O–H groups in total. The molecule has 34 heavy (non-hydrogen) atoms. The number of nitrogens with one attached hydrogen (secondary N) is 2. The van der Waals surface area contributed by atoms with Gasteiger partial charge in [0.1, 0.15) is 0 Å². The average Bonchev–Trinajstić information content (AvgIpc) is 2.76. The minimum atomic E-state index is -3.99. The van der Waals surface area contributed by atoms with E-state index >= 15 is 0 Å². The van der Waals surface area contributed by atoms with Crippen LogP contribution in [0.15, 0.2) is 53.4 Å². The van der Waals surface area contributed by atoms with E-state index in [0.717, 1.165) is 28.8 Å². The van der Waals surface area contributed by atoms with Crippen LogP contribution in [0.25, 0.3) is 11.3 Å². The first-order valence-corrected chi connectivity index (χ1v) is 13.0. The molecule has 1 aliphatic rings. The molecule has 2 heterocycles. The van der Waals surface area contributed by atoms with Crippen LogP contribution in [-0.2, 0) is 16.4 Å². The van der Waals surface area contributed by atoms with Gasteiger partial charge in [-0.3, -0.25) is 4.79 Å². The van der Waals surface area contributed by atoms with Crippen molar-refractivity contribution in [2.24, 2.45) is 5.92 Å². The molecule has 1 amide bonds. The van der Waals surface area contributed by atoms with Crippen molar-refractivity contribution in [3.8, 4) is 11.3 Å². The molecular weight excluding hydrogens is 448 g/mol. The predicted octanol–water partition coefficient (Wildman–Crippen LogP) is 4.65. The van der Waals surface area contributed by atoms with Gasteiger partial charge in [0.25, 0.3) is 15.9 Å². The molecule has 1 aromatic heterocycles. The van der Waals surface area contributed by atoms with E-state index in [2.05, 4.69) is 33.9 Å². The minimum absolute atomic E-state index is 0.0116. The van der Waals surface area contributed by atoms with Gasteiger partial charge in [-0.1, -0.05) is 38.1 Å². The first kappa shape index (κ1) is 23.9. The number of hydrogen-bond acceptors (Lipinski definition) is 5. The summed E-state index contributed by atoms with van der Waals surface area (Å²) in [6.45, 7) is 8.25. The van der Waals surface area contributed by atoms with Crippen LogP contribution in [0.5, 0.6) is 0 Å². The van der Waals surface area contributed by atoms with Crippen LogP contribution in [0.2, 0.25) is 0 Å². The molecule has 3 aromatic rings. The van der Waals surface area contributed by atoms with Gasteiger partial charge in [-0.15, -0.1) is 0 Å². The molecule has 7 nitrogen and oxygen atoms in total. The summed E-state index contributed by atoms with van der Waals surface area (Å²) in [4.78, 5) is 22.0. The van der Waals surface area contributed by atoms with Crippen molar-refractivity contribution in [3.63, 3.8) is 0 Å². The van der Waals surface area contributed by atoms with E-state index in [1.54, 1.807) is 12.1 Å². The summed E-state index contributed by atoms with van der Waals surface area (Å²) in [5.74, 6) is 0.135. The van der Waals surface area contributed by atoms with Crippen LogP contribution < -0.4 is 10.0 Å². The zero-order chi connectivity index (χ0) is 24.5. The van der Waals surface area contributed by atoms with Crippen molar-refractivity contribution < 1.29 is 13.2 Å². The molecule has 0 saturated heterocycles. The van der Waals surface area contributed by atoms with E-state index in [1.807, 2.05) is 38.1 Å². The third kappa shape index (κ3) is 5.28. The molecule has 1 aliphatic heterocycles. The summed E-state index contributed by atoms with van der Waals surface area (Å²) in [5, 5.41) is 3.10. The van der Waals surface area contributed by atoms with Gasteiger partial charge < -0.3 is 5.32 Å². The van der Waals surface area contributed by atoms with Gasteiger partial charge in [0.2, 0.25) is 5.95 Å². The lowest BCUT2D eigenvalue weighted by Gasteiger charge is -2.21. The number of amides is 1. The smallest absolute Gasteiger partial charge is 0.264 e. The number of anilines is 1. The van der Waals surface area contributed by atoms with Gasteiger partial charge in [0, 0.05) is 22.9 Å². The molecule has 0 aliphatic carbocycles. The third-order valence-electron chi connectivity index (χ3n) is 5.99. The number of aryl methyl sites for hydroxylation is 3. The fourth-order valence-corrected chi connectivity index (χ4v) is 5.40. The molecule has 0 spiro atoms. The fraction of sp³-hybridized carbons (Fsp3) is 0.346. The maximum Gasteiger partial charge on any atom is 0.264 e. The number of aromatic nitrogens is 2. The van der Waals surface area contributed by atoms with E-state index < -0.39 is 10.0 Å². The Morgan fingerprint density at radius 1 is 1.03 bits per heavy atom. The van der Waals surface area contributed by atoms with Crippen molar-refractivity contribution in [1.82, 2.24) is 15.3 Å². The monoisotopic (exact) mass is 478 g/mol. The molecule has 0 saturated carbocycles. The van der Waals surface area contributed by atoms with Crippen LogP contribution in [0.1, 0.15) is 53.9 Å². The zero-order valence-electron chi connectivity index (χ0n) is 19.9. The molecule has 0 fully saturated rings. The quantitative estimate of drug-likeness (QED) is 0.571. The van der Waals surface area contributed by atoms with Gasteiger partial charge in [-0.25, -0.2) is 23.1 Å². The number of nitrogens with zero attached hydrogens (tertiary/aromatic N) is 2. The molecular formula is C26H30N4O3S. The fourth-order valence-electron chi connectivity index (χ4n) is 4.41. The number of rotatable bonds is 3. The molecule has 0 unspecified atom stereocenters. The number of benzene rings is 2. The second kappa shape index (κ2) is 9.54. The molecule has 4 bridgehead atoms. The topological polar surface area (TPSA) is 101 Å². The second-order valence-corrected chi connectivity index (χ2v) is 11.0. The van der Waals surface area contributed by atoms with Crippen LogP contribution in [-0.4, -0.2) is 30.3 Å². The summed E-state index contributed by atoms with van der Waals surface area (Å²) < 4.78 is 28.8. The lowest BCUT2D eigenvalue weighted by molar-refractivity contribution is 0.0929. The van der Waals surface area contributed by atoms with Gasteiger partial charge in [0.15, 0.2) is 0 Å². The predicted molar refractivity (Wildman–Crippen MR) is 133 cm³/mol. The Morgan fingerprint density at radius 2 is 1.74 bits per heavy atom. The van der Waals surface area contributed by atoms with Crippen LogP contribution in [0.4, 0.5) is 5.95 Å². The number of carbonyl (C=O) groups excluding carboxylic acids is 1. The standard InChI is InChI=1S/C26H30N4O3S/c1-16(2)13-20-11-12-21-15-23(24-17(3)7-5-8-18(24)4)29-26(28-21)30-34(32,33)22-10-6-9-19(14-22)25(31)27-20/h5-10,14-16,20H,11-13H2,1-4H3,(H,27,31)(H,28,29,30)/t20-/m0/s1. The van der Waals surface area contributed by atoms with E-state index in [1.165, 1.54) is 12.1 Å². The molecule has 8 heteroatoms. The Labute approximate surface area is 201 Å². The van der Waals surface area contributed by atoms with E-state index in [4.69, 9.17) is 0 Å². The number of hydrogen-bond donors (Lipinski definition) is 2. The Hall–Kier alpha value is -3.26. The summed E-state index contributed by atoms with van der Waals surface area (Å²) in [6.07, 6.45) is 2.06. The van der Waals surface area contributed by atoms with Gasteiger partial charge >= 0.3 is 0 Å². The largest absolute Gasteiger partial charge is 0.349 e. The molecule has 2 aromatic carbocycles. The van der Waals surface area contributed by atoms with Crippen molar-refractivity contribution >= 4 is 21.9 Å². The lowest BCUT2D eigenvalue weighted by atomic mass is 9.96. The molecule has 0 radical (unpaired) electrons. The van der Waals surface area contributed by atoms with Gasteiger partial charge in [-0.05, 0) is 74.4 Å². The van der Waals surface area contributed by atoms with Crippen molar-refractivity contribution in [1.29, 1.82) is 0 Å². The first-order valence-electron chi connectivity index (χ1n) is 11.5. The maximum atomic E-state index is 13.1.